The van der Waals surface area contributed by atoms with Gasteiger partial charge in [-0.3, -0.25) is 14.7 Å². The van der Waals surface area contributed by atoms with Crippen LogP contribution in [0.3, 0.4) is 0 Å². The zero-order valence-electron chi connectivity index (χ0n) is 16.1. The van der Waals surface area contributed by atoms with Gasteiger partial charge in [-0.25, -0.2) is 4.39 Å². The molecule has 0 aliphatic carbocycles. The van der Waals surface area contributed by atoms with Gasteiger partial charge in [0.1, 0.15) is 11.9 Å². The molecule has 4 rings (SSSR count). The highest BCUT2D eigenvalue weighted by molar-refractivity contribution is 6.31. The minimum Gasteiger partial charge on any atom is -0.367 e. The lowest BCUT2D eigenvalue weighted by molar-refractivity contribution is -0.117. The Morgan fingerprint density at radius 3 is 2.70 bits per heavy atom. The molecule has 8 heteroatoms. The minimum absolute atomic E-state index is 0.177. The van der Waals surface area contributed by atoms with Crippen LogP contribution in [0.1, 0.15) is 5.56 Å². The number of para-hydroxylation sites is 1. The van der Waals surface area contributed by atoms with Gasteiger partial charge >= 0.3 is 0 Å². The Bertz CT molecular complexity index is 1140. The van der Waals surface area contributed by atoms with Gasteiger partial charge in [0.05, 0.1) is 29.0 Å². The molecule has 0 radical (unpaired) electrons. The third-order valence-electron chi connectivity index (χ3n) is 5.13. The number of amides is 1. The van der Waals surface area contributed by atoms with Crippen LogP contribution in [-0.2, 0) is 4.79 Å². The first-order valence-electron chi connectivity index (χ1n) is 9.55. The summed E-state index contributed by atoms with van der Waals surface area (Å²) < 4.78 is 13.7. The van der Waals surface area contributed by atoms with Crippen LogP contribution in [0.15, 0.2) is 48.7 Å². The Morgan fingerprint density at radius 1 is 1.20 bits per heavy atom. The van der Waals surface area contributed by atoms with E-state index in [0.717, 1.165) is 16.6 Å². The van der Waals surface area contributed by atoms with Crippen LogP contribution in [0.2, 0.25) is 5.02 Å². The Balaban J connectivity index is 1.45. The van der Waals surface area contributed by atoms with Gasteiger partial charge in [-0.05, 0) is 30.3 Å². The molecule has 1 aliphatic rings. The maximum absolute atomic E-state index is 13.7. The highest BCUT2D eigenvalue weighted by Crippen LogP contribution is 2.32. The number of hydrogen-bond acceptors (Lipinski definition) is 5. The molecule has 1 fully saturated rings. The largest absolute Gasteiger partial charge is 0.367 e. The number of piperazine rings is 1. The number of nitrogens with zero attached hydrogens (tertiary/aromatic N) is 4. The van der Waals surface area contributed by atoms with Crippen molar-refractivity contribution in [2.45, 2.75) is 0 Å². The Kier molecular flexibility index (Phi) is 5.79. The summed E-state index contributed by atoms with van der Waals surface area (Å²) in [5.41, 5.74) is 2.27. The zero-order chi connectivity index (χ0) is 21.1. The molecule has 3 aromatic rings. The maximum Gasteiger partial charge on any atom is 0.238 e. The van der Waals surface area contributed by atoms with Crippen molar-refractivity contribution in [1.82, 2.24) is 9.88 Å². The summed E-state index contributed by atoms with van der Waals surface area (Å²) in [6.07, 6.45) is 1.58. The van der Waals surface area contributed by atoms with Crippen molar-refractivity contribution in [1.29, 1.82) is 5.26 Å². The number of nitriles is 1. The standard InChI is InChI=1S/C22H19ClFN5O/c23-16-5-6-19-17(11-16)22(15(12-25)13-26-19)29-9-7-28(8-10-29)14-21(30)27-20-4-2-1-3-18(20)24/h1-6,11,13H,7-10,14H2,(H,27,30). The van der Waals surface area contributed by atoms with Crippen molar-refractivity contribution < 1.29 is 9.18 Å². The predicted molar refractivity (Wildman–Crippen MR) is 115 cm³/mol. The van der Waals surface area contributed by atoms with E-state index >= 15 is 0 Å². The number of halogens is 2. The molecule has 6 nitrogen and oxygen atoms in total. The highest BCUT2D eigenvalue weighted by atomic mass is 35.5. The molecule has 0 saturated carbocycles. The molecular formula is C22H19ClFN5O. The van der Waals surface area contributed by atoms with E-state index in [1.807, 2.05) is 17.0 Å². The van der Waals surface area contributed by atoms with Crippen molar-refractivity contribution >= 4 is 39.8 Å². The summed E-state index contributed by atoms with van der Waals surface area (Å²) in [6.45, 7) is 2.75. The van der Waals surface area contributed by atoms with Gasteiger partial charge < -0.3 is 10.2 Å². The van der Waals surface area contributed by atoms with Gasteiger partial charge in [0.2, 0.25) is 5.91 Å². The number of rotatable bonds is 4. The number of carbonyl (C=O) groups excluding carboxylic acids is 1. The number of pyridine rings is 1. The second-order valence-corrected chi connectivity index (χ2v) is 7.52. The van der Waals surface area contributed by atoms with Gasteiger partial charge in [-0.1, -0.05) is 23.7 Å². The van der Waals surface area contributed by atoms with Crippen molar-refractivity contribution in [2.24, 2.45) is 0 Å². The summed E-state index contributed by atoms with van der Waals surface area (Å²) in [5.74, 6) is -0.713. The number of fused-ring (bicyclic) bond motifs is 1. The van der Waals surface area contributed by atoms with Crippen molar-refractivity contribution in [3.05, 3.63) is 65.1 Å². The molecular weight excluding hydrogens is 405 g/mol. The van der Waals surface area contributed by atoms with E-state index in [4.69, 9.17) is 11.6 Å². The number of anilines is 2. The van der Waals surface area contributed by atoms with Crippen LogP contribution in [0, 0.1) is 17.1 Å². The van der Waals surface area contributed by atoms with E-state index in [9.17, 15) is 14.4 Å². The van der Waals surface area contributed by atoms with E-state index in [1.165, 1.54) is 12.1 Å². The van der Waals surface area contributed by atoms with Crippen LogP contribution >= 0.6 is 11.6 Å². The topological polar surface area (TPSA) is 72.3 Å². The Morgan fingerprint density at radius 2 is 1.97 bits per heavy atom. The van der Waals surface area contributed by atoms with Crippen LogP contribution in [-0.4, -0.2) is 48.5 Å². The predicted octanol–water partition coefficient (Wildman–Crippen LogP) is 3.66. The molecule has 1 saturated heterocycles. The van der Waals surface area contributed by atoms with Crippen molar-refractivity contribution in [3.8, 4) is 6.07 Å². The van der Waals surface area contributed by atoms with E-state index < -0.39 is 5.82 Å². The fraction of sp³-hybridized carbons (Fsp3) is 0.227. The zero-order valence-corrected chi connectivity index (χ0v) is 16.9. The van der Waals surface area contributed by atoms with E-state index in [-0.39, 0.29) is 18.1 Å². The molecule has 1 aromatic heterocycles. The van der Waals surface area contributed by atoms with Gasteiger partial charge in [-0.15, -0.1) is 0 Å². The third kappa shape index (κ3) is 4.20. The maximum atomic E-state index is 13.7. The fourth-order valence-electron chi connectivity index (χ4n) is 3.66. The first-order valence-corrected chi connectivity index (χ1v) is 9.93. The van der Waals surface area contributed by atoms with Gasteiger partial charge in [-0.2, -0.15) is 5.26 Å². The summed E-state index contributed by atoms with van der Waals surface area (Å²) in [6, 6.07) is 13.8. The highest BCUT2D eigenvalue weighted by Gasteiger charge is 2.23. The number of benzene rings is 2. The minimum atomic E-state index is -0.456. The number of nitrogens with one attached hydrogen (secondary N) is 1. The lowest BCUT2D eigenvalue weighted by atomic mass is 10.1. The van der Waals surface area contributed by atoms with Crippen molar-refractivity contribution in [3.63, 3.8) is 0 Å². The number of hydrogen-bond donors (Lipinski definition) is 1. The average molecular weight is 424 g/mol. The normalized spacial score (nSPS) is 14.5. The second kappa shape index (κ2) is 8.66. The van der Waals surface area contributed by atoms with Crippen LogP contribution in [0.25, 0.3) is 10.9 Å². The van der Waals surface area contributed by atoms with Gasteiger partial charge in [0, 0.05) is 42.8 Å². The van der Waals surface area contributed by atoms with Gasteiger partial charge in [0.15, 0.2) is 0 Å². The molecule has 1 amide bonds. The monoisotopic (exact) mass is 423 g/mol. The molecule has 152 valence electrons. The SMILES string of the molecule is N#Cc1cnc2ccc(Cl)cc2c1N1CCN(CC(=O)Nc2ccccc2F)CC1. The molecule has 2 aromatic carbocycles. The molecule has 0 bridgehead atoms. The quantitative estimate of drug-likeness (QED) is 0.693. The van der Waals surface area contributed by atoms with Gasteiger partial charge in [0.25, 0.3) is 0 Å². The van der Waals surface area contributed by atoms with E-state index in [0.29, 0.717) is 36.8 Å². The number of carbonyl (C=O) groups is 1. The number of aromatic nitrogens is 1. The van der Waals surface area contributed by atoms with Crippen molar-refractivity contribution in [2.75, 3.05) is 42.9 Å². The summed E-state index contributed by atoms with van der Waals surface area (Å²) in [5, 5.41) is 13.6. The molecule has 1 aliphatic heterocycles. The third-order valence-corrected chi connectivity index (χ3v) is 5.36. The molecule has 30 heavy (non-hydrogen) atoms. The Labute approximate surface area is 178 Å². The molecule has 0 spiro atoms. The average Bonchev–Trinajstić information content (AvgIpc) is 2.75. The van der Waals surface area contributed by atoms with E-state index in [1.54, 1.807) is 24.4 Å². The van der Waals surface area contributed by atoms with E-state index in [2.05, 4.69) is 21.3 Å². The molecule has 2 heterocycles. The smallest absolute Gasteiger partial charge is 0.238 e. The lowest BCUT2D eigenvalue weighted by Crippen LogP contribution is -2.49. The fourth-order valence-corrected chi connectivity index (χ4v) is 3.83. The van der Waals surface area contributed by atoms with Crippen LogP contribution < -0.4 is 10.2 Å². The molecule has 0 atom stereocenters. The lowest BCUT2D eigenvalue weighted by Gasteiger charge is -2.36. The first-order chi connectivity index (χ1) is 14.5. The van der Waals surface area contributed by atoms with Crippen LogP contribution in [0.4, 0.5) is 15.8 Å². The summed E-state index contributed by atoms with van der Waals surface area (Å²) in [4.78, 5) is 20.8. The molecule has 1 N–H and O–H groups in total. The Hall–Kier alpha value is -3.21. The second-order valence-electron chi connectivity index (χ2n) is 7.08. The first kappa shape index (κ1) is 20.1. The van der Waals surface area contributed by atoms with Crippen LogP contribution in [0.5, 0.6) is 0 Å². The molecule has 0 unspecified atom stereocenters. The summed E-state index contributed by atoms with van der Waals surface area (Å²) >= 11 is 6.17. The summed E-state index contributed by atoms with van der Waals surface area (Å²) in [7, 11) is 0.